The van der Waals surface area contributed by atoms with E-state index in [4.69, 9.17) is 4.74 Å². The highest BCUT2D eigenvalue weighted by Crippen LogP contribution is 2.18. The molecular formula is C11H15O3S-. The molecule has 4 heteroatoms. The Morgan fingerprint density at radius 2 is 2.13 bits per heavy atom. The van der Waals surface area contributed by atoms with Crippen molar-refractivity contribution in [3.05, 3.63) is 29.8 Å². The predicted molar refractivity (Wildman–Crippen MR) is 59.7 cm³/mol. The summed E-state index contributed by atoms with van der Waals surface area (Å²) in [4.78, 5) is 0. The van der Waals surface area contributed by atoms with Crippen LogP contribution in [-0.2, 0) is 17.5 Å². The molecule has 0 aromatic heterocycles. The number of rotatable bonds is 6. The highest BCUT2D eigenvalue weighted by molar-refractivity contribution is 7.79. The second-order valence-corrected chi connectivity index (χ2v) is 4.23. The van der Waals surface area contributed by atoms with Crippen LogP contribution >= 0.6 is 0 Å². The second-order valence-electron chi connectivity index (χ2n) is 3.21. The Balaban J connectivity index is 2.63. The third-order valence-electron chi connectivity index (χ3n) is 1.97. The SMILES string of the molecule is CCCOc1ccccc1CCS(=O)[O-]. The van der Waals surface area contributed by atoms with Crippen LogP contribution in [0.1, 0.15) is 18.9 Å². The van der Waals surface area contributed by atoms with E-state index in [1.165, 1.54) is 0 Å². The Bertz CT molecular complexity index is 325. The van der Waals surface area contributed by atoms with Crippen molar-refractivity contribution in [1.82, 2.24) is 0 Å². The summed E-state index contributed by atoms with van der Waals surface area (Å²) in [5.41, 5.74) is 0.954. The topological polar surface area (TPSA) is 49.4 Å². The minimum atomic E-state index is -1.99. The summed E-state index contributed by atoms with van der Waals surface area (Å²) in [6, 6.07) is 7.56. The van der Waals surface area contributed by atoms with Crippen molar-refractivity contribution >= 4 is 11.1 Å². The smallest absolute Gasteiger partial charge is 0.122 e. The van der Waals surface area contributed by atoms with Crippen LogP contribution in [0.25, 0.3) is 0 Å². The number of aryl methyl sites for hydroxylation is 1. The van der Waals surface area contributed by atoms with Crippen LogP contribution in [0.2, 0.25) is 0 Å². The number of ether oxygens (including phenoxy) is 1. The summed E-state index contributed by atoms with van der Waals surface area (Å²) in [6.45, 7) is 2.70. The fraction of sp³-hybridized carbons (Fsp3) is 0.455. The molecule has 0 bridgehead atoms. The molecule has 1 aromatic carbocycles. The molecule has 0 aliphatic carbocycles. The number of para-hydroxylation sites is 1. The van der Waals surface area contributed by atoms with Crippen molar-refractivity contribution in [2.45, 2.75) is 19.8 Å². The second kappa shape index (κ2) is 6.58. The van der Waals surface area contributed by atoms with Crippen LogP contribution in [0.4, 0.5) is 0 Å². The fourth-order valence-corrected chi connectivity index (χ4v) is 1.64. The molecule has 0 radical (unpaired) electrons. The summed E-state index contributed by atoms with van der Waals surface area (Å²) in [7, 11) is 0. The van der Waals surface area contributed by atoms with Gasteiger partial charge in [-0.05, 0) is 24.5 Å². The van der Waals surface area contributed by atoms with E-state index in [9.17, 15) is 8.76 Å². The zero-order valence-electron chi connectivity index (χ0n) is 8.77. The van der Waals surface area contributed by atoms with Crippen LogP contribution in [0.3, 0.4) is 0 Å². The Kier molecular flexibility index (Phi) is 5.36. The van der Waals surface area contributed by atoms with Gasteiger partial charge in [0, 0.05) is 5.75 Å². The average Bonchev–Trinajstić information content (AvgIpc) is 2.24. The third kappa shape index (κ3) is 4.44. The molecule has 1 rings (SSSR count). The number of benzene rings is 1. The first kappa shape index (κ1) is 12.2. The zero-order chi connectivity index (χ0) is 11.1. The van der Waals surface area contributed by atoms with E-state index in [0.717, 1.165) is 17.7 Å². The van der Waals surface area contributed by atoms with Gasteiger partial charge in [-0.2, -0.15) is 0 Å². The molecule has 0 fully saturated rings. The standard InChI is InChI=1S/C11H16O3S/c1-2-8-14-11-6-4-3-5-10(11)7-9-15(12)13/h3-6H,2,7-9H2,1H3,(H,12,13)/p-1. The first-order chi connectivity index (χ1) is 7.24. The molecule has 0 aliphatic rings. The minimum Gasteiger partial charge on any atom is -0.772 e. The summed E-state index contributed by atoms with van der Waals surface area (Å²) < 4.78 is 26.4. The summed E-state index contributed by atoms with van der Waals surface area (Å²) in [5, 5.41) is 0. The van der Waals surface area contributed by atoms with Crippen molar-refractivity contribution in [2.75, 3.05) is 12.4 Å². The molecule has 3 nitrogen and oxygen atoms in total. The van der Waals surface area contributed by atoms with Gasteiger partial charge in [-0.3, -0.25) is 4.21 Å². The Labute approximate surface area is 92.7 Å². The molecule has 0 saturated carbocycles. The quantitative estimate of drug-likeness (QED) is 0.697. The van der Waals surface area contributed by atoms with Gasteiger partial charge >= 0.3 is 0 Å². The Morgan fingerprint density at radius 1 is 1.40 bits per heavy atom. The van der Waals surface area contributed by atoms with Crippen molar-refractivity contribution < 1.29 is 13.5 Å². The maximum absolute atomic E-state index is 10.5. The fourth-order valence-electron chi connectivity index (χ4n) is 1.26. The summed E-state index contributed by atoms with van der Waals surface area (Å²) >= 11 is -1.99. The van der Waals surface area contributed by atoms with Crippen LogP contribution in [0.5, 0.6) is 5.75 Å². The van der Waals surface area contributed by atoms with Crippen molar-refractivity contribution in [2.24, 2.45) is 0 Å². The molecule has 0 saturated heterocycles. The van der Waals surface area contributed by atoms with Gasteiger partial charge in [0.15, 0.2) is 0 Å². The zero-order valence-corrected chi connectivity index (χ0v) is 9.59. The molecular weight excluding hydrogens is 212 g/mol. The average molecular weight is 227 g/mol. The monoisotopic (exact) mass is 227 g/mol. The molecule has 0 amide bonds. The molecule has 0 spiro atoms. The number of hydrogen-bond donors (Lipinski definition) is 0. The highest BCUT2D eigenvalue weighted by Gasteiger charge is 2.01. The van der Waals surface area contributed by atoms with E-state index >= 15 is 0 Å². The highest BCUT2D eigenvalue weighted by atomic mass is 32.2. The Hall–Kier alpha value is -0.870. The lowest BCUT2D eigenvalue weighted by Crippen LogP contribution is -2.03. The predicted octanol–water partition coefficient (Wildman–Crippen LogP) is 1.90. The molecule has 84 valence electrons. The third-order valence-corrected chi connectivity index (χ3v) is 2.51. The van der Waals surface area contributed by atoms with Crippen LogP contribution < -0.4 is 4.74 Å². The lowest BCUT2D eigenvalue weighted by molar-refractivity contribution is 0.314. The van der Waals surface area contributed by atoms with Crippen molar-refractivity contribution in [3.63, 3.8) is 0 Å². The Morgan fingerprint density at radius 3 is 2.80 bits per heavy atom. The number of hydrogen-bond acceptors (Lipinski definition) is 3. The van der Waals surface area contributed by atoms with Gasteiger partial charge in [0.1, 0.15) is 5.75 Å². The van der Waals surface area contributed by atoms with E-state index in [2.05, 4.69) is 0 Å². The maximum atomic E-state index is 10.5. The van der Waals surface area contributed by atoms with Gasteiger partial charge in [0.25, 0.3) is 0 Å². The normalized spacial score (nSPS) is 12.4. The minimum absolute atomic E-state index is 0.145. The van der Waals surface area contributed by atoms with Crippen LogP contribution in [0, 0.1) is 0 Å². The summed E-state index contributed by atoms with van der Waals surface area (Å²) in [5.74, 6) is 0.941. The molecule has 0 heterocycles. The van der Waals surface area contributed by atoms with E-state index in [0.29, 0.717) is 13.0 Å². The molecule has 1 atom stereocenters. The van der Waals surface area contributed by atoms with Gasteiger partial charge in [-0.1, -0.05) is 36.2 Å². The lowest BCUT2D eigenvalue weighted by atomic mass is 10.1. The van der Waals surface area contributed by atoms with Crippen LogP contribution in [0.15, 0.2) is 24.3 Å². The van der Waals surface area contributed by atoms with Gasteiger partial charge < -0.3 is 9.29 Å². The van der Waals surface area contributed by atoms with Gasteiger partial charge in [-0.15, -0.1) is 0 Å². The van der Waals surface area contributed by atoms with Crippen LogP contribution in [-0.4, -0.2) is 21.1 Å². The first-order valence-electron chi connectivity index (χ1n) is 5.00. The van der Waals surface area contributed by atoms with Crippen molar-refractivity contribution in [1.29, 1.82) is 0 Å². The molecule has 15 heavy (non-hydrogen) atoms. The largest absolute Gasteiger partial charge is 0.772 e. The van der Waals surface area contributed by atoms with E-state index in [-0.39, 0.29) is 5.75 Å². The lowest BCUT2D eigenvalue weighted by Gasteiger charge is -2.11. The van der Waals surface area contributed by atoms with Gasteiger partial charge in [-0.25, -0.2) is 0 Å². The summed E-state index contributed by atoms with van der Waals surface area (Å²) in [6.07, 6.45) is 1.46. The molecule has 0 aliphatic heterocycles. The molecule has 1 unspecified atom stereocenters. The van der Waals surface area contributed by atoms with E-state index in [1.54, 1.807) is 0 Å². The molecule has 1 aromatic rings. The van der Waals surface area contributed by atoms with E-state index < -0.39 is 11.1 Å². The molecule has 0 N–H and O–H groups in total. The first-order valence-corrected chi connectivity index (χ1v) is 6.25. The van der Waals surface area contributed by atoms with E-state index in [1.807, 2.05) is 31.2 Å². The van der Waals surface area contributed by atoms with Crippen molar-refractivity contribution in [3.8, 4) is 5.75 Å². The van der Waals surface area contributed by atoms with Gasteiger partial charge in [0.05, 0.1) is 6.61 Å². The van der Waals surface area contributed by atoms with Gasteiger partial charge in [0.2, 0.25) is 0 Å². The maximum Gasteiger partial charge on any atom is 0.122 e.